The van der Waals surface area contributed by atoms with Crippen LogP contribution in [0.2, 0.25) is 0 Å². The highest BCUT2D eigenvalue weighted by atomic mass is 16.6. The first-order valence-electron chi connectivity index (χ1n) is 5.27. The zero-order chi connectivity index (χ0) is 12.6. The second kappa shape index (κ2) is 7.71. The van der Waals surface area contributed by atoms with Gasteiger partial charge in [-0.25, -0.2) is 0 Å². The number of allylic oxidation sites excluding steroid dienone is 1. The lowest BCUT2D eigenvalue weighted by Crippen LogP contribution is -2.32. The Bertz CT molecular complexity index is 271. The Morgan fingerprint density at radius 3 is 2.00 bits per heavy atom. The minimum absolute atomic E-state index is 0.235. The molecular formula is C12H18O4. The van der Waals surface area contributed by atoms with E-state index < -0.39 is 17.9 Å². The Morgan fingerprint density at radius 2 is 1.69 bits per heavy atom. The van der Waals surface area contributed by atoms with Crippen molar-refractivity contribution in [2.45, 2.75) is 20.8 Å². The minimum Gasteiger partial charge on any atom is -0.465 e. The highest BCUT2D eigenvalue weighted by Crippen LogP contribution is 2.16. The van der Waals surface area contributed by atoms with Gasteiger partial charge in [0.05, 0.1) is 13.2 Å². The van der Waals surface area contributed by atoms with Crippen LogP contribution in [0, 0.1) is 11.8 Å². The van der Waals surface area contributed by atoms with Crippen LogP contribution in [0.15, 0.2) is 18.4 Å². The number of hydrogen-bond donors (Lipinski definition) is 0. The maximum absolute atomic E-state index is 11.6. The fourth-order valence-electron chi connectivity index (χ4n) is 1.27. The average Bonchev–Trinajstić information content (AvgIpc) is 2.19. The fourth-order valence-corrected chi connectivity index (χ4v) is 1.27. The normalized spacial score (nSPS) is 11.5. The van der Waals surface area contributed by atoms with Gasteiger partial charge >= 0.3 is 11.9 Å². The van der Waals surface area contributed by atoms with E-state index in [2.05, 4.69) is 12.3 Å². The third-order valence-electron chi connectivity index (χ3n) is 1.99. The molecule has 1 atom stereocenters. The van der Waals surface area contributed by atoms with Crippen molar-refractivity contribution in [2.75, 3.05) is 13.2 Å². The predicted octanol–water partition coefficient (Wildman–Crippen LogP) is 1.71. The number of esters is 2. The quantitative estimate of drug-likeness (QED) is 0.393. The first kappa shape index (κ1) is 14.5. The summed E-state index contributed by atoms with van der Waals surface area (Å²) in [5.74, 6) is -2.41. The van der Waals surface area contributed by atoms with Crippen LogP contribution in [-0.2, 0) is 19.1 Å². The Morgan fingerprint density at radius 1 is 1.25 bits per heavy atom. The van der Waals surface area contributed by atoms with Gasteiger partial charge in [-0.3, -0.25) is 9.59 Å². The van der Waals surface area contributed by atoms with Gasteiger partial charge in [-0.2, -0.15) is 0 Å². The average molecular weight is 226 g/mol. The van der Waals surface area contributed by atoms with Gasteiger partial charge in [-0.1, -0.05) is 13.5 Å². The minimum atomic E-state index is -0.936. The summed E-state index contributed by atoms with van der Waals surface area (Å²) in [5, 5.41) is 0. The van der Waals surface area contributed by atoms with E-state index in [1.165, 1.54) is 0 Å². The third kappa shape index (κ3) is 4.32. The summed E-state index contributed by atoms with van der Waals surface area (Å²) in [6.07, 6.45) is 1.55. The summed E-state index contributed by atoms with van der Waals surface area (Å²) >= 11 is 0. The summed E-state index contributed by atoms with van der Waals surface area (Å²) in [5.41, 5.74) is 2.55. The van der Waals surface area contributed by atoms with Crippen molar-refractivity contribution < 1.29 is 19.1 Å². The maximum atomic E-state index is 11.6. The van der Waals surface area contributed by atoms with Crippen LogP contribution in [0.1, 0.15) is 20.8 Å². The number of carbonyl (C=O) groups is 2. The predicted molar refractivity (Wildman–Crippen MR) is 59.6 cm³/mol. The largest absolute Gasteiger partial charge is 0.465 e. The van der Waals surface area contributed by atoms with Crippen molar-refractivity contribution in [3.8, 4) is 0 Å². The molecule has 0 heterocycles. The van der Waals surface area contributed by atoms with Gasteiger partial charge in [0.25, 0.3) is 0 Å². The monoisotopic (exact) mass is 226 g/mol. The van der Waals surface area contributed by atoms with Crippen molar-refractivity contribution in [3.05, 3.63) is 18.4 Å². The summed E-state index contributed by atoms with van der Waals surface area (Å²) in [7, 11) is 0. The highest BCUT2D eigenvalue weighted by molar-refractivity contribution is 5.95. The lowest BCUT2D eigenvalue weighted by atomic mass is 9.94. The molecule has 0 bridgehead atoms. The Kier molecular flexibility index (Phi) is 6.97. The van der Waals surface area contributed by atoms with Gasteiger partial charge in [0.2, 0.25) is 0 Å². The van der Waals surface area contributed by atoms with E-state index in [4.69, 9.17) is 9.47 Å². The van der Waals surface area contributed by atoms with Crippen molar-refractivity contribution in [1.82, 2.24) is 0 Å². The van der Waals surface area contributed by atoms with E-state index in [1.807, 2.05) is 0 Å². The smallest absolute Gasteiger partial charge is 0.320 e. The SMILES string of the molecule is C=C=CC(C)C(C(=O)OCC)C(=O)OCC. The van der Waals surface area contributed by atoms with Crippen LogP contribution in [0.3, 0.4) is 0 Å². The molecule has 4 nitrogen and oxygen atoms in total. The first-order chi connectivity index (χ1) is 7.58. The second-order valence-electron chi connectivity index (χ2n) is 3.21. The van der Waals surface area contributed by atoms with Crippen LogP contribution in [0.5, 0.6) is 0 Å². The van der Waals surface area contributed by atoms with Crippen molar-refractivity contribution in [2.24, 2.45) is 11.8 Å². The highest BCUT2D eigenvalue weighted by Gasteiger charge is 2.33. The van der Waals surface area contributed by atoms with E-state index in [-0.39, 0.29) is 19.1 Å². The van der Waals surface area contributed by atoms with Crippen LogP contribution in [-0.4, -0.2) is 25.2 Å². The van der Waals surface area contributed by atoms with Gasteiger partial charge in [0.1, 0.15) is 0 Å². The number of carbonyl (C=O) groups excluding carboxylic acids is 2. The molecule has 0 rings (SSSR count). The number of rotatable bonds is 6. The van der Waals surface area contributed by atoms with E-state index in [0.29, 0.717) is 0 Å². The number of ether oxygens (including phenoxy) is 2. The molecule has 0 N–H and O–H groups in total. The fraction of sp³-hybridized carbons (Fsp3) is 0.583. The zero-order valence-electron chi connectivity index (χ0n) is 9.99. The summed E-state index contributed by atoms with van der Waals surface area (Å²) < 4.78 is 9.66. The molecule has 0 aromatic heterocycles. The van der Waals surface area contributed by atoms with E-state index in [0.717, 1.165) is 0 Å². The molecule has 0 amide bonds. The molecule has 90 valence electrons. The van der Waals surface area contributed by atoms with Crippen molar-refractivity contribution in [3.63, 3.8) is 0 Å². The summed E-state index contributed by atoms with van der Waals surface area (Å²) in [6, 6.07) is 0. The summed E-state index contributed by atoms with van der Waals surface area (Å²) in [4.78, 5) is 23.2. The van der Waals surface area contributed by atoms with E-state index >= 15 is 0 Å². The maximum Gasteiger partial charge on any atom is 0.320 e. The van der Waals surface area contributed by atoms with Gasteiger partial charge in [0.15, 0.2) is 5.92 Å². The molecule has 0 saturated heterocycles. The molecule has 1 unspecified atom stereocenters. The molecule has 0 aliphatic heterocycles. The molecule has 0 aromatic rings. The second-order valence-corrected chi connectivity index (χ2v) is 3.21. The van der Waals surface area contributed by atoms with Crippen LogP contribution in [0.4, 0.5) is 0 Å². The number of hydrogen-bond acceptors (Lipinski definition) is 4. The van der Waals surface area contributed by atoms with E-state index in [9.17, 15) is 9.59 Å². The molecule has 4 heteroatoms. The lowest BCUT2D eigenvalue weighted by molar-refractivity contribution is -0.163. The molecule has 0 aliphatic rings. The van der Waals surface area contributed by atoms with Gasteiger partial charge < -0.3 is 9.47 Å². The molecule has 16 heavy (non-hydrogen) atoms. The van der Waals surface area contributed by atoms with Crippen molar-refractivity contribution >= 4 is 11.9 Å². The first-order valence-corrected chi connectivity index (χ1v) is 5.27. The molecule has 0 spiro atoms. The molecule has 0 saturated carbocycles. The molecular weight excluding hydrogens is 208 g/mol. The van der Waals surface area contributed by atoms with Crippen LogP contribution in [0.25, 0.3) is 0 Å². The molecule has 0 fully saturated rings. The van der Waals surface area contributed by atoms with Crippen LogP contribution >= 0.6 is 0 Å². The van der Waals surface area contributed by atoms with Gasteiger partial charge in [-0.05, 0) is 19.9 Å². The Balaban J connectivity index is 4.81. The van der Waals surface area contributed by atoms with Crippen molar-refractivity contribution in [1.29, 1.82) is 0 Å². The zero-order valence-corrected chi connectivity index (χ0v) is 9.99. The van der Waals surface area contributed by atoms with Crippen LogP contribution < -0.4 is 0 Å². The molecule has 0 aromatic carbocycles. The third-order valence-corrected chi connectivity index (χ3v) is 1.99. The Hall–Kier alpha value is -1.54. The van der Waals surface area contributed by atoms with E-state index in [1.54, 1.807) is 26.8 Å². The molecule has 0 radical (unpaired) electrons. The Labute approximate surface area is 95.9 Å². The van der Waals surface area contributed by atoms with Gasteiger partial charge in [0, 0.05) is 5.92 Å². The standard InChI is InChI=1S/C12H18O4/c1-5-8-9(4)10(11(13)15-6-2)12(14)16-7-3/h8-10H,1,6-7H2,2-4H3. The summed E-state index contributed by atoms with van der Waals surface area (Å²) in [6.45, 7) is 8.98. The van der Waals surface area contributed by atoms with Gasteiger partial charge in [-0.15, -0.1) is 5.73 Å². The lowest BCUT2D eigenvalue weighted by Gasteiger charge is -2.17. The molecule has 0 aliphatic carbocycles. The topological polar surface area (TPSA) is 52.6 Å².